The van der Waals surface area contributed by atoms with Gasteiger partial charge in [-0.25, -0.2) is 0 Å². The third-order valence-electron chi connectivity index (χ3n) is 1.64. The molecule has 0 unspecified atom stereocenters. The lowest BCUT2D eigenvalue weighted by Gasteiger charge is -2.00. The van der Waals surface area contributed by atoms with Gasteiger partial charge in [-0.3, -0.25) is 0 Å². The van der Waals surface area contributed by atoms with Gasteiger partial charge in [-0.05, 0) is 11.7 Å². The van der Waals surface area contributed by atoms with Crippen molar-refractivity contribution in [2.75, 3.05) is 5.75 Å². The number of thioether (sulfide) groups is 1. The Balaban J connectivity index is 2.30. The van der Waals surface area contributed by atoms with E-state index < -0.39 is 0 Å². The van der Waals surface area contributed by atoms with E-state index in [1.807, 2.05) is 0 Å². The van der Waals surface area contributed by atoms with Crippen LogP contribution in [-0.4, -0.2) is 15.9 Å². The summed E-state index contributed by atoms with van der Waals surface area (Å²) in [6, 6.07) is 2.05. The van der Waals surface area contributed by atoms with Gasteiger partial charge >= 0.3 is 0 Å². The molecule has 1 aromatic heterocycles. The monoisotopic (exact) mass is 225 g/mol. The molecular formula is C10H15N3OS. The van der Waals surface area contributed by atoms with Crippen LogP contribution < -0.4 is 0 Å². The zero-order valence-electron chi connectivity index (χ0n) is 9.06. The fraction of sp³-hybridized carbons (Fsp3) is 0.700. The quantitative estimate of drug-likeness (QED) is 0.744. The third-order valence-corrected chi connectivity index (χ3v) is 3.01. The number of rotatable bonds is 6. The van der Waals surface area contributed by atoms with Gasteiger partial charge in [0.05, 0.1) is 11.8 Å². The van der Waals surface area contributed by atoms with Gasteiger partial charge < -0.3 is 4.52 Å². The summed E-state index contributed by atoms with van der Waals surface area (Å²) in [6.07, 6.45) is 0.985. The van der Waals surface area contributed by atoms with Gasteiger partial charge in [0.1, 0.15) is 0 Å². The topological polar surface area (TPSA) is 62.7 Å². The molecule has 5 heteroatoms. The summed E-state index contributed by atoms with van der Waals surface area (Å²) in [6.45, 7) is 4.36. The van der Waals surface area contributed by atoms with Crippen molar-refractivity contribution in [2.24, 2.45) is 5.92 Å². The maximum Gasteiger partial charge on any atom is 0.227 e. The lowest BCUT2D eigenvalue weighted by molar-refractivity contribution is 0.375. The maximum absolute atomic E-state index is 8.39. The van der Waals surface area contributed by atoms with E-state index in [0.29, 0.717) is 24.7 Å². The van der Waals surface area contributed by atoms with E-state index in [1.54, 1.807) is 11.8 Å². The first-order valence-electron chi connectivity index (χ1n) is 4.98. The standard InChI is InChI=1S/C10H15N3OS/c1-8(2)6-15-7-9-12-10(14-13-9)4-3-5-11/h8H,3-4,6-7H2,1-2H3. The van der Waals surface area contributed by atoms with Crippen molar-refractivity contribution < 1.29 is 4.52 Å². The summed E-state index contributed by atoms with van der Waals surface area (Å²) in [4.78, 5) is 4.19. The first-order chi connectivity index (χ1) is 7.22. The highest BCUT2D eigenvalue weighted by molar-refractivity contribution is 7.98. The molecule has 0 aromatic carbocycles. The summed E-state index contributed by atoms with van der Waals surface area (Å²) in [5, 5.41) is 12.2. The number of nitriles is 1. The molecule has 0 N–H and O–H groups in total. The van der Waals surface area contributed by atoms with Crippen LogP contribution in [-0.2, 0) is 12.2 Å². The fourth-order valence-electron chi connectivity index (χ4n) is 0.999. The van der Waals surface area contributed by atoms with Gasteiger partial charge in [0.15, 0.2) is 5.82 Å². The van der Waals surface area contributed by atoms with Crippen molar-refractivity contribution in [3.05, 3.63) is 11.7 Å². The van der Waals surface area contributed by atoms with Gasteiger partial charge in [0, 0.05) is 12.8 Å². The number of hydrogen-bond donors (Lipinski definition) is 0. The molecule has 0 atom stereocenters. The van der Waals surface area contributed by atoms with Gasteiger partial charge in [-0.2, -0.15) is 22.0 Å². The van der Waals surface area contributed by atoms with E-state index in [1.165, 1.54) is 0 Å². The molecule has 0 aliphatic rings. The molecular weight excluding hydrogens is 210 g/mol. The molecule has 1 rings (SSSR count). The number of hydrogen-bond acceptors (Lipinski definition) is 5. The Kier molecular flexibility index (Phi) is 5.19. The lowest BCUT2D eigenvalue weighted by atomic mass is 10.3. The summed E-state index contributed by atoms with van der Waals surface area (Å²) >= 11 is 1.80. The highest BCUT2D eigenvalue weighted by Crippen LogP contribution is 2.13. The molecule has 0 saturated carbocycles. The van der Waals surface area contributed by atoms with Crippen molar-refractivity contribution >= 4 is 11.8 Å². The predicted molar refractivity (Wildman–Crippen MR) is 59.2 cm³/mol. The van der Waals surface area contributed by atoms with Gasteiger partial charge in [0.25, 0.3) is 0 Å². The second kappa shape index (κ2) is 6.46. The van der Waals surface area contributed by atoms with Crippen LogP contribution in [0.3, 0.4) is 0 Å². The summed E-state index contributed by atoms with van der Waals surface area (Å²) in [5.41, 5.74) is 0. The largest absolute Gasteiger partial charge is 0.339 e. The van der Waals surface area contributed by atoms with Crippen LogP contribution in [0.25, 0.3) is 0 Å². The van der Waals surface area contributed by atoms with Crippen molar-refractivity contribution in [3.63, 3.8) is 0 Å². The van der Waals surface area contributed by atoms with Gasteiger partial charge in [-0.1, -0.05) is 19.0 Å². The molecule has 0 fully saturated rings. The molecule has 0 aliphatic heterocycles. The van der Waals surface area contributed by atoms with Gasteiger partial charge in [0.2, 0.25) is 5.89 Å². The van der Waals surface area contributed by atoms with Crippen LogP contribution in [0.2, 0.25) is 0 Å². The number of aryl methyl sites for hydroxylation is 1. The molecule has 4 nitrogen and oxygen atoms in total. The zero-order chi connectivity index (χ0) is 11.1. The Bertz CT molecular complexity index is 330. The maximum atomic E-state index is 8.39. The van der Waals surface area contributed by atoms with Crippen LogP contribution in [0.1, 0.15) is 32.0 Å². The first-order valence-corrected chi connectivity index (χ1v) is 6.14. The van der Waals surface area contributed by atoms with E-state index in [9.17, 15) is 0 Å². The van der Waals surface area contributed by atoms with E-state index in [4.69, 9.17) is 9.78 Å². The van der Waals surface area contributed by atoms with Crippen LogP contribution >= 0.6 is 11.8 Å². The Morgan fingerprint density at radius 1 is 1.53 bits per heavy atom. The highest BCUT2D eigenvalue weighted by atomic mass is 32.2. The molecule has 0 saturated heterocycles. The molecule has 82 valence electrons. The minimum absolute atomic E-state index is 0.431. The first kappa shape index (κ1) is 12.1. The van der Waals surface area contributed by atoms with Crippen LogP contribution in [0, 0.1) is 17.2 Å². The molecule has 0 amide bonds. The van der Waals surface area contributed by atoms with E-state index in [2.05, 4.69) is 30.1 Å². The Morgan fingerprint density at radius 3 is 3.00 bits per heavy atom. The Labute approximate surface area is 94.1 Å². The zero-order valence-corrected chi connectivity index (χ0v) is 9.88. The second-order valence-electron chi connectivity index (χ2n) is 3.67. The van der Waals surface area contributed by atoms with E-state index >= 15 is 0 Å². The molecule has 0 aliphatic carbocycles. The Morgan fingerprint density at radius 2 is 2.33 bits per heavy atom. The minimum Gasteiger partial charge on any atom is -0.339 e. The number of aromatic nitrogens is 2. The third kappa shape index (κ3) is 4.84. The molecule has 0 bridgehead atoms. The molecule has 1 heterocycles. The van der Waals surface area contributed by atoms with E-state index in [0.717, 1.165) is 17.3 Å². The normalized spacial score (nSPS) is 10.5. The molecule has 0 spiro atoms. The summed E-state index contributed by atoms with van der Waals surface area (Å²) < 4.78 is 5.00. The van der Waals surface area contributed by atoms with Crippen molar-refractivity contribution in [2.45, 2.75) is 32.4 Å². The van der Waals surface area contributed by atoms with Crippen molar-refractivity contribution in [1.29, 1.82) is 5.26 Å². The number of nitrogens with zero attached hydrogens (tertiary/aromatic N) is 3. The SMILES string of the molecule is CC(C)CSCc1noc(CCC#N)n1. The average Bonchev–Trinajstić information content (AvgIpc) is 2.62. The predicted octanol–water partition coefficient (Wildman–Crippen LogP) is 2.41. The molecule has 1 aromatic rings. The second-order valence-corrected chi connectivity index (χ2v) is 4.70. The average molecular weight is 225 g/mol. The fourth-order valence-corrected chi connectivity index (χ4v) is 1.89. The minimum atomic E-state index is 0.431. The highest BCUT2D eigenvalue weighted by Gasteiger charge is 2.06. The molecule has 0 radical (unpaired) electrons. The van der Waals surface area contributed by atoms with Crippen LogP contribution in [0.4, 0.5) is 0 Å². The van der Waals surface area contributed by atoms with Crippen LogP contribution in [0.15, 0.2) is 4.52 Å². The Hall–Kier alpha value is -1.02. The van der Waals surface area contributed by atoms with E-state index in [-0.39, 0.29) is 0 Å². The van der Waals surface area contributed by atoms with Crippen LogP contribution in [0.5, 0.6) is 0 Å². The lowest BCUT2D eigenvalue weighted by Crippen LogP contribution is -1.93. The van der Waals surface area contributed by atoms with Crippen molar-refractivity contribution in [1.82, 2.24) is 10.1 Å². The summed E-state index contributed by atoms with van der Waals surface area (Å²) in [7, 11) is 0. The smallest absolute Gasteiger partial charge is 0.227 e. The van der Waals surface area contributed by atoms with Gasteiger partial charge in [-0.15, -0.1) is 0 Å². The molecule has 15 heavy (non-hydrogen) atoms. The van der Waals surface area contributed by atoms with Crippen molar-refractivity contribution in [3.8, 4) is 6.07 Å². The summed E-state index contributed by atoms with van der Waals surface area (Å²) in [5.74, 6) is 3.86.